The van der Waals surface area contributed by atoms with Crippen molar-refractivity contribution in [2.24, 2.45) is 0 Å². The zero-order chi connectivity index (χ0) is 25.3. The lowest BCUT2D eigenvalue weighted by atomic mass is 9.99. The Hall–Kier alpha value is -3.18. The van der Waals surface area contributed by atoms with E-state index >= 15 is 0 Å². The summed E-state index contributed by atoms with van der Waals surface area (Å²) in [4.78, 5) is 15.9. The molecule has 34 heavy (non-hydrogen) atoms. The molecule has 6 nitrogen and oxygen atoms in total. The summed E-state index contributed by atoms with van der Waals surface area (Å²) >= 11 is 6.13. The molecule has 0 spiro atoms. The summed E-state index contributed by atoms with van der Waals surface area (Å²) in [5.74, 6) is -2.63. The first-order valence-corrected chi connectivity index (χ1v) is 11.8. The number of hydrogen-bond acceptors (Lipinski definition) is 5. The lowest BCUT2D eigenvalue weighted by Gasteiger charge is -2.22. The van der Waals surface area contributed by atoms with E-state index in [2.05, 4.69) is 4.98 Å². The molecule has 1 atom stereocenters. The molecule has 0 aliphatic rings. The molecule has 12 heteroatoms. The standard InChI is InChI=1S/C22H17ClF4N2O4S/c1-12-8-16(20(30)29-34(2,31)32)18(24)10-15(12)14-9-17(23)21(28-11-14)33-19(22(25,26)27)13-6-4-3-5-7-13/h3-11,19H,1-2H3,(H,29,30)/t19-/m0/s1. The molecule has 0 bridgehead atoms. The van der Waals surface area contributed by atoms with Crippen LogP contribution in [0.2, 0.25) is 5.02 Å². The van der Waals surface area contributed by atoms with Gasteiger partial charge in [0.05, 0.1) is 11.8 Å². The number of carbonyl (C=O) groups excluding carboxylic acids is 1. The monoisotopic (exact) mass is 516 g/mol. The highest BCUT2D eigenvalue weighted by atomic mass is 35.5. The summed E-state index contributed by atoms with van der Waals surface area (Å²) in [6.45, 7) is 1.53. The first-order chi connectivity index (χ1) is 15.8. The molecule has 0 aliphatic carbocycles. The van der Waals surface area contributed by atoms with Crippen molar-refractivity contribution in [3.8, 4) is 17.0 Å². The Labute approximate surface area is 197 Å². The molecule has 1 N–H and O–H groups in total. The average molecular weight is 517 g/mol. The minimum atomic E-state index is -4.74. The Morgan fingerprint density at radius 1 is 1.15 bits per heavy atom. The zero-order valence-corrected chi connectivity index (χ0v) is 19.2. The first-order valence-electron chi connectivity index (χ1n) is 9.53. The highest BCUT2D eigenvalue weighted by molar-refractivity contribution is 7.89. The van der Waals surface area contributed by atoms with Crippen molar-refractivity contribution in [1.82, 2.24) is 9.71 Å². The second-order valence-corrected chi connectivity index (χ2v) is 9.47. The van der Waals surface area contributed by atoms with E-state index in [4.69, 9.17) is 16.3 Å². The molecule has 0 radical (unpaired) electrons. The van der Waals surface area contributed by atoms with E-state index in [1.165, 1.54) is 37.3 Å². The van der Waals surface area contributed by atoms with Gasteiger partial charge in [0.15, 0.2) is 0 Å². The number of carbonyl (C=O) groups is 1. The maximum Gasteiger partial charge on any atom is 0.429 e. The van der Waals surface area contributed by atoms with Crippen LogP contribution < -0.4 is 9.46 Å². The van der Waals surface area contributed by atoms with Gasteiger partial charge in [-0.1, -0.05) is 41.9 Å². The number of nitrogens with zero attached hydrogens (tertiary/aromatic N) is 1. The van der Waals surface area contributed by atoms with Crippen molar-refractivity contribution in [3.05, 3.63) is 82.3 Å². The van der Waals surface area contributed by atoms with Crippen LogP contribution in [0.15, 0.2) is 54.7 Å². The van der Waals surface area contributed by atoms with E-state index in [0.717, 1.165) is 24.6 Å². The third kappa shape index (κ3) is 6.03. The summed E-state index contributed by atoms with van der Waals surface area (Å²) < 4.78 is 84.5. The quantitative estimate of drug-likeness (QED) is 0.454. The zero-order valence-electron chi connectivity index (χ0n) is 17.7. The smallest absolute Gasteiger partial charge is 0.429 e. The van der Waals surface area contributed by atoms with Gasteiger partial charge in [-0.25, -0.2) is 22.5 Å². The number of halogens is 5. The van der Waals surface area contributed by atoms with Gasteiger partial charge in [-0.05, 0) is 36.2 Å². The Bertz CT molecular complexity index is 1330. The van der Waals surface area contributed by atoms with E-state index in [1.807, 2.05) is 0 Å². The molecule has 0 unspecified atom stereocenters. The van der Waals surface area contributed by atoms with Crippen molar-refractivity contribution in [3.63, 3.8) is 0 Å². The van der Waals surface area contributed by atoms with Crippen molar-refractivity contribution in [2.45, 2.75) is 19.2 Å². The Morgan fingerprint density at radius 2 is 1.79 bits per heavy atom. The van der Waals surface area contributed by atoms with Crippen molar-refractivity contribution >= 4 is 27.5 Å². The Morgan fingerprint density at radius 3 is 2.35 bits per heavy atom. The third-order valence-corrected chi connectivity index (χ3v) is 5.41. The van der Waals surface area contributed by atoms with E-state index < -0.39 is 45.5 Å². The van der Waals surface area contributed by atoms with Crippen LogP contribution in [0, 0.1) is 12.7 Å². The van der Waals surface area contributed by atoms with Gasteiger partial charge in [0.25, 0.3) is 5.91 Å². The minimum Gasteiger partial charge on any atom is -0.459 e. The van der Waals surface area contributed by atoms with Crippen LogP contribution in [0.1, 0.15) is 27.6 Å². The second-order valence-electron chi connectivity index (χ2n) is 7.31. The number of aryl methyl sites for hydroxylation is 1. The summed E-state index contributed by atoms with van der Waals surface area (Å²) in [6.07, 6.45) is -5.15. The fraction of sp³-hybridized carbons (Fsp3) is 0.182. The molecule has 2 aromatic carbocycles. The number of pyridine rings is 1. The minimum absolute atomic E-state index is 0.141. The van der Waals surface area contributed by atoms with E-state index in [1.54, 1.807) is 10.8 Å². The molecular formula is C22H17ClF4N2O4S. The maximum absolute atomic E-state index is 14.6. The second kappa shape index (κ2) is 9.59. The molecule has 0 saturated carbocycles. The van der Waals surface area contributed by atoms with Crippen LogP contribution in [0.3, 0.4) is 0 Å². The molecule has 0 aliphatic heterocycles. The van der Waals surface area contributed by atoms with Gasteiger partial charge in [0, 0.05) is 17.3 Å². The number of aromatic nitrogens is 1. The number of amides is 1. The summed E-state index contributed by atoms with van der Waals surface area (Å²) in [7, 11) is -3.90. The van der Waals surface area contributed by atoms with Crippen molar-refractivity contribution in [1.29, 1.82) is 0 Å². The molecule has 180 valence electrons. The largest absolute Gasteiger partial charge is 0.459 e. The lowest BCUT2D eigenvalue weighted by Crippen LogP contribution is -2.30. The average Bonchev–Trinajstić information content (AvgIpc) is 2.72. The van der Waals surface area contributed by atoms with E-state index in [9.17, 15) is 30.8 Å². The molecule has 0 saturated heterocycles. The molecule has 3 rings (SSSR count). The number of sulfonamides is 1. The third-order valence-electron chi connectivity index (χ3n) is 4.58. The summed E-state index contributed by atoms with van der Waals surface area (Å²) in [5.41, 5.74) is 0.209. The normalized spacial score (nSPS) is 12.8. The van der Waals surface area contributed by atoms with Gasteiger partial charge in [0.2, 0.25) is 22.0 Å². The molecule has 3 aromatic rings. The van der Waals surface area contributed by atoms with Gasteiger partial charge < -0.3 is 4.74 Å². The maximum atomic E-state index is 14.6. The SMILES string of the molecule is Cc1cc(C(=O)NS(C)(=O)=O)c(F)cc1-c1cnc(O[C@@H](c2ccccc2)C(F)(F)F)c(Cl)c1. The number of benzene rings is 2. The molecule has 1 heterocycles. The van der Waals surface area contributed by atoms with Crippen LogP contribution in [0.25, 0.3) is 11.1 Å². The van der Waals surface area contributed by atoms with Gasteiger partial charge in [-0.15, -0.1) is 0 Å². The van der Waals surface area contributed by atoms with Crippen LogP contribution in [-0.2, 0) is 10.0 Å². The van der Waals surface area contributed by atoms with Crippen molar-refractivity contribution < 1.29 is 35.5 Å². The molecule has 1 amide bonds. The van der Waals surface area contributed by atoms with Gasteiger partial charge in [-0.3, -0.25) is 4.79 Å². The number of ether oxygens (including phenoxy) is 1. The number of hydrogen-bond donors (Lipinski definition) is 1. The molecule has 0 fully saturated rings. The Kier molecular flexibility index (Phi) is 7.18. The van der Waals surface area contributed by atoms with Crippen LogP contribution >= 0.6 is 11.6 Å². The van der Waals surface area contributed by atoms with Crippen LogP contribution in [0.5, 0.6) is 5.88 Å². The highest BCUT2D eigenvalue weighted by Gasteiger charge is 2.43. The highest BCUT2D eigenvalue weighted by Crippen LogP contribution is 2.39. The van der Waals surface area contributed by atoms with E-state index in [0.29, 0.717) is 5.56 Å². The molecular weight excluding hydrogens is 500 g/mol. The van der Waals surface area contributed by atoms with Gasteiger partial charge in [0.1, 0.15) is 10.8 Å². The van der Waals surface area contributed by atoms with Crippen molar-refractivity contribution in [2.75, 3.05) is 6.26 Å². The number of alkyl halides is 3. The van der Waals surface area contributed by atoms with Gasteiger partial charge >= 0.3 is 6.18 Å². The predicted octanol–water partition coefficient (Wildman–Crippen LogP) is 5.22. The number of rotatable bonds is 6. The van der Waals surface area contributed by atoms with E-state index in [-0.39, 0.29) is 21.7 Å². The topological polar surface area (TPSA) is 85.4 Å². The van der Waals surface area contributed by atoms with Gasteiger partial charge in [-0.2, -0.15) is 13.2 Å². The lowest BCUT2D eigenvalue weighted by molar-refractivity contribution is -0.198. The summed E-state index contributed by atoms with van der Waals surface area (Å²) in [5, 5.41) is -0.249. The first kappa shape index (κ1) is 25.4. The predicted molar refractivity (Wildman–Crippen MR) is 118 cm³/mol. The Balaban J connectivity index is 1.93. The fourth-order valence-electron chi connectivity index (χ4n) is 3.11. The van der Waals surface area contributed by atoms with Crippen LogP contribution in [-0.4, -0.2) is 31.7 Å². The number of nitrogens with one attached hydrogen (secondary N) is 1. The fourth-order valence-corrected chi connectivity index (χ4v) is 3.77. The molecule has 1 aromatic heterocycles. The van der Waals surface area contributed by atoms with Crippen LogP contribution in [0.4, 0.5) is 17.6 Å². The summed E-state index contributed by atoms with van der Waals surface area (Å²) in [6, 6.07) is 10.3.